The van der Waals surface area contributed by atoms with Crippen molar-refractivity contribution in [2.24, 2.45) is 0 Å². The van der Waals surface area contributed by atoms with Gasteiger partial charge in [0.25, 0.3) is 0 Å². The number of ether oxygens (including phenoxy) is 1. The van der Waals surface area contributed by atoms with E-state index in [4.69, 9.17) is 21.4 Å². The Balaban J connectivity index is 2.59. The minimum atomic E-state index is -0.0265. The zero-order valence-corrected chi connectivity index (χ0v) is 7.79. The van der Waals surface area contributed by atoms with Gasteiger partial charge in [-0.15, -0.1) is 0 Å². The Morgan fingerprint density at radius 1 is 1.38 bits per heavy atom. The van der Waals surface area contributed by atoms with Crippen LogP contribution in [0.25, 0.3) is 0 Å². The highest BCUT2D eigenvalue weighted by atomic mass is 35.5. The van der Waals surface area contributed by atoms with Crippen molar-refractivity contribution in [3.63, 3.8) is 0 Å². The molecule has 0 aromatic heterocycles. The zero-order chi connectivity index (χ0) is 9.68. The molecule has 0 saturated heterocycles. The molecule has 0 amide bonds. The van der Waals surface area contributed by atoms with Crippen LogP contribution in [-0.2, 0) is 11.3 Å². The Kier molecular flexibility index (Phi) is 4.02. The van der Waals surface area contributed by atoms with Gasteiger partial charge in [-0.2, -0.15) is 0 Å². The fourth-order valence-corrected chi connectivity index (χ4v) is 1.11. The van der Waals surface area contributed by atoms with Crippen LogP contribution in [0.4, 0.5) is 0 Å². The van der Waals surface area contributed by atoms with Gasteiger partial charge in [-0.25, -0.2) is 0 Å². The maximum Gasteiger partial charge on any atom is 0.121 e. The summed E-state index contributed by atoms with van der Waals surface area (Å²) in [6, 6.07) is 4.75. The maximum atomic E-state index is 9.33. The highest BCUT2D eigenvalue weighted by Crippen LogP contribution is 2.21. The number of hydrogen-bond acceptors (Lipinski definition) is 3. The lowest BCUT2D eigenvalue weighted by atomic mass is 10.2. The molecule has 0 atom stereocenters. The molecule has 0 saturated carbocycles. The highest BCUT2D eigenvalue weighted by Gasteiger charge is 2.01. The van der Waals surface area contributed by atoms with Crippen molar-refractivity contribution < 1.29 is 14.9 Å². The second-order valence-electron chi connectivity index (χ2n) is 2.55. The Morgan fingerprint density at radius 2 is 2.15 bits per heavy atom. The minimum Gasteiger partial charge on any atom is -0.508 e. The molecule has 2 N–H and O–H groups in total. The molecule has 0 aliphatic heterocycles. The third-order valence-corrected chi connectivity index (χ3v) is 1.77. The number of rotatable bonds is 4. The summed E-state index contributed by atoms with van der Waals surface area (Å²) in [7, 11) is 0. The van der Waals surface area contributed by atoms with Crippen molar-refractivity contribution in [2.45, 2.75) is 6.61 Å². The number of aliphatic hydroxyl groups excluding tert-OH is 1. The van der Waals surface area contributed by atoms with Gasteiger partial charge in [-0.1, -0.05) is 11.6 Å². The SMILES string of the molecule is OCCOCc1cc(Cl)ccc1O. The van der Waals surface area contributed by atoms with E-state index in [1.807, 2.05) is 0 Å². The summed E-state index contributed by atoms with van der Waals surface area (Å²) in [5.41, 5.74) is 0.626. The predicted octanol–water partition coefficient (Wildman–Crippen LogP) is 1.55. The van der Waals surface area contributed by atoms with E-state index in [2.05, 4.69) is 0 Å². The first-order chi connectivity index (χ1) is 6.24. The second-order valence-corrected chi connectivity index (χ2v) is 2.99. The number of phenols is 1. The van der Waals surface area contributed by atoms with Crippen molar-refractivity contribution in [1.82, 2.24) is 0 Å². The lowest BCUT2D eigenvalue weighted by Crippen LogP contribution is -1.99. The van der Waals surface area contributed by atoms with Crippen molar-refractivity contribution in [2.75, 3.05) is 13.2 Å². The third-order valence-electron chi connectivity index (χ3n) is 1.53. The van der Waals surface area contributed by atoms with Gasteiger partial charge in [0.2, 0.25) is 0 Å². The molecule has 0 unspecified atom stereocenters. The summed E-state index contributed by atoms with van der Waals surface area (Å²) in [6.45, 7) is 0.486. The van der Waals surface area contributed by atoms with Crippen LogP contribution >= 0.6 is 11.6 Å². The van der Waals surface area contributed by atoms with Gasteiger partial charge in [-0.3, -0.25) is 0 Å². The van der Waals surface area contributed by atoms with E-state index in [9.17, 15) is 5.11 Å². The number of aromatic hydroxyl groups is 1. The van der Waals surface area contributed by atoms with E-state index in [1.54, 1.807) is 12.1 Å². The van der Waals surface area contributed by atoms with Crippen molar-refractivity contribution in [3.8, 4) is 5.75 Å². The Bertz CT molecular complexity index is 276. The van der Waals surface area contributed by atoms with Crippen LogP contribution in [0.3, 0.4) is 0 Å². The number of hydrogen-bond donors (Lipinski definition) is 2. The fraction of sp³-hybridized carbons (Fsp3) is 0.333. The number of benzene rings is 1. The van der Waals surface area contributed by atoms with Gasteiger partial charge < -0.3 is 14.9 Å². The molecule has 0 spiro atoms. The largest absolute Gasteiger partial charge is 0.508 e. The Morgan fingerprint density at radius 3 is 2.85 bits per heavy atom. The minimum absolute atomic E-state index is 0.0265. The van der Waals surface area contributed by atoms with Crippen LogP contribution in [0.2, 0.25) is 5.02 Å². The summed E-state index contributed by atoms with van der Waals surface area (Å²) in [5, 5.41) is 18.3. The van der Waals surface area contributed by atoms with E-state index in [1.165, 1.54) is 6.07 Å². The van der Waals surface area contributed by atoms with Crippen LogP contribution < -0.4 is 0 Å². The van der Waals surface area contributed by atoms with Crippen molar-refractivity contribution in [3.05, 3.63) is 28.8 Å². The first-order valence-corrected chi connectivity index (χ1v) is 4.28. The first kappa shape index (κ1) is 10.3. The van der Waals surface area contributed by atoms with Gasteiger partial charge in [-0.05, 0) is 18.2 Å². The molecule has 0 heterocycles. The monoisotopic (exact) mass is 202 g/mol. The molecular weight excluding hydrogens is 192 g/mol. The molecule has 0 radical (unpaired) electrons. The topological polar surface area (TPSA) is 49.7 Å². The molecule has 1 aromatic carbocycles. The summed E-state index contributed by atoms with van der Waals surface area (Å²) >= 11 is 5.71. The normalized spacial score (nSPS) is 10.3. The average molecular weight is 203 g/mol. The molecule has 0 bridgehead atoms. The molecule has 72 valence electrons. The quantitative estimate of drug-likeness (QED) is 0.729. The van der Waals surface area contributed by atoms with Crippen LogP contribution in [0.15, 0.2) is 18.2 Å². The second kappa shape index (κ2) is 5.07. The van der Waals surface area contributed by atoms with Crippen molar-refractivity contribution in [1.29, 1.82) is 0 Å². The van der Waals surface area contributed by atoms with Gasteiger partial charge in [0.1, 0.15) is 5.75 Å². The van der Waals surface area contributed by atoms with E-state index in [0.29, 0.717) is 10.6 Å². The van der Waals surface area contributed by atoms with Gasteiger partial charge in [0, 0.05) is 10.6 Å². The molecular formula is C9H11ClO3. The molecule has 0 aliphatic carbocycles. The van der Waals surface area contributed by atoms with Gasteiger partial charge >= 0.3 is 0 Å². The molecule has 4 heteroatoms. The van der Waals surface area contributed by atoms with Crippen LogP contribution in [0.1, 0.15) is 5.56 Å². The summed E-state index contributed by atoms with van der Waals surface area (Å²) in [6.07, 6.45) is 0. The van der Waals surface area contributed by atoms with E-state index < -0.39 is 0 Å². The Labute approximate surface area is 81.5 Å². The van der Waals surface area contributed by atoms with Gasteiger partial charge in [0.15, 0.2) is 0 Å². The van der Waals surface area contributed by atoms with Crippen LogP contribution in [0.5, 0.6) is 5.75 Å². The van der Waals surface area contributed by atoms with E-state index in [-0.39, 0.29) is 25.6 Å². The average Bonchev–Trinajstić information content (AvgIpc) is 2.11. The number of halogens is 1. The molecule has 13 heavy (non-hydrogen) atoms. The van der Waals surface area contributed by atoms with Crippen molar-refractivity contribution >= 4 is 11.6 Å². The van der Waals surface area contributed by atoms with E-state index in [0.717, 1.165) is 0 Å². The third kappa shape index (κ3) is 3.22. The summed E-state index contributed by atoms with van der Waals surface area (Å²) in [5.74, 6) is 0.155. The smallest absolute Gasteiger partial charge is 0.121 e. The molecule has 1 rings (SSSR count). The van der Waals surface area contributed by atoms with Crippen LogP contribution in [-0.4, -0.2) is 23.4 Å². The lowest BCUT2D eigenvalue weighted by Gasteiger charge is -2.05. The first-order valence-electron chi connectivity index (χ1n) is 3.90. The molecule has 1 aromatic rings. The lowest BCUT2D eigenvalue weighted by molar-refractivity contribution is 0.0804. The van der Waals surface area contributed by atoms with E-state index >= 15 is 0 Å². The fourth-order valence-electron chi connectivity index (χ4n) is 0.916. The molecule has 3 nitrogen and oxygen atoms in total. The number of aliphatic hydroxyl groups is 1. The van der Waals surface area contributed by atoms with Crippen LogP contribution in [0, 0.1) is 0 Å². The Hall–Kier alpha value is -0.770. The maximum absolute atomic E-state index is 9.33. The predicted molar refractivity (Wildman–Crippen MR) is 49.9 cm³/mol. The molecule has 0 fully saturated rings. The number of phenolic OH excluding ortho intramolecular Hbond substituents is 1. The summed E-state index contributed by atoms with van der Waals surface area (Å²) < 4.78 is 5.04. The highest BCUT2D eigenvalue weighted by molar-refractivity contribution is 6.30. The standard InChI is InChI=1S/C9H11ClO3/c10-8-1-2-9(12)7(5-8)6-13-4-3-11/h1-2,5,11-12H,3-4,6H2. The molecule has 0 aliphatic rings. The van der Waals surface area contributed by atoms with Gasteiger partial charge in [0.05, 0.1) is 19.8 Å². The zero-order valence-electron chi connectivity index (χ0n) is 7.03. The summed E-state index contributed by atoms with van der Waals surface area (Å²) in [4.78, 5) is 0.